The topological polar surface area (TPSA) is 35.8 Å². The molecule has 2 nitrogen and oxygen atoms in total. The Labute approximate surface area is 174 Å². The molecule has 1 atom stereocenters. The number of allylic oxidation sites excluding steroid dienone is 1. The zero-order valence-electron chi connectivity index (χ0n) is 17.4. The van der Waals surface area contributed by atoms with Crippen LogP contribution in [0, 0.1) is 30.1 Å². The van der Waals surface area contributed by atoms with Gasteiger partial charge in [-0.25, -0.2) is 0 Å². The maximum Gasteiger partial charge on any atom is 0.0994 e. The fraction of sp³-hybridized carbons (Fsp3) is 0.444. The van der Waals surface area contributed by atoms with Gasteiger partial charge in [0.1, 0.15) is 0 Å². The molecule has 1 N–H and O–H groups in total. The Hall–Kier alpha value is -2.53. The smallest absolute Gasteiger partial charge is 0.0994 e. The third-order valence-corrected chi connectivity index (χ3v) is 7.40. The quantitative estimate of drug-likeness (QED) is 0.651. The van der Waals surface area contributed by atoms with E-state index < -0.39 is 0 Å². The Morgan fingerprint density at radius 2 is 1.86 bits per heavy atom. The van der Waals surface area contributed by atoms with Crippen molar-refractivity contribution in [2.24, 2.45) is 11.8 Å². The molecule has 2 heteroatoms. The lowest BCUT2D eigenvalue weighted by atomic mass is 9.77. The summed E-state index contributed by atoms with van der Waals surface area (Å²) >= 11 is 0. The summed E-state index contributed by atoms with van der Waals surface area (Å²) in [6.45, 7) is 3.10. The van der Waals surface area contributed by atoms with Crippen molar-refractivity contribution in [3.8, 4) is 6.07 Å². The second-order valence-corrected chi connectivity index (χ2v) is 9.13. The number of nitrogens with zero attached hydrogens (tertiary/aromatic N) is 1. The summed E-state index contributed by atoms with van der Waals surface area (Å²) in [5.74, 6) is 1.47. The van der Waals surface area contributed by atoms with Crippen molar-refractivity contribution >= 4 is 11.3 Å². The molecule has 5 rings (SSSR count). The zero-order valence-corrected chi connectivity index (χ0v) is 17.4. The van der Waals surface area contributed by atoms with E-state index in [1.54, 1.807) is 0 Å². The number of hydrogen-bond acceptors (Lipinski definition) is 2. The molecule has 2 aliphatic carbocycles. The molecule has 0 spiro atoms. The second-order valence-electron chi connectivity index (χ2n) is 9.13. The van der Waals surface area contributed by atoms with Gasteiger partial charge in [-0.05, 0) is 96.4 Å². The van der Waals surface area contributed by atoms with Crippen LogP contribution >= 0.6 is 0 Å². The van der Waals surface area contributed by atoms with E-state index in [9.17, 15) is 5.26 Å². The SMILES string of the molecule is Cc1cc2c(cc1C#N)C(c1cccc3c1CCN3)=CC(C1CCCCC1)CC2. The van der Waals surface area contributed by atoms with Crippen LogP contribution in [0.3, 0.4) is 0 Å². The minimum Gasteiger partial charge on any atom is -0.384 e. The van der Waals surface area contributed by atoms with Gasteiger partial charge in [0.25, 0.3) is 0 Å². The maximum atomic E-state index is 9.68. The molecule has 0 saturated heterocycles. The van der Waals surface area contributed by atoms with E-state index in [2.05, 4.69) is 54.7 Å². The zero-order chi connectivity index (χ0) is 19.8. The predicted molar refractivity (Wildman–Crippen MR) is 120 cm³/mol. The average Bonchev–Trinajstić information content (AvgIpc) is 3.17. The normalized spacial score (nSPS) is 21.4. The molecule has 1 saturated carbocycles. The van der Waals surface area contributed by atoms with Crippen molar-refractivity contribution in [2.45, 2.75) is 58.3 Å². The van der Waals surface area contributed by atoms with Crippen LogP contribution in [0.5, 0.6) is 0 Å². The lowest BCUT2D eigenvalue weighted by molar-refractivity contribution is 0.276. The highest BCUT2D eigenvalue weighted by Gasteiger charge is 2.28. The number of anilines is 1. The number of fused-ring (bicyclic) bond motifs is 2. The van der Waals surface area contributed by atoms with E-state index in [-0.39, 0.29) is 0 Å². The number of nitriles is 1. The Bertz CT molecular complexity index is 1000. The molecule has 1 aliphatic heterocycles. The minimum atomic E-state index is 0.647. The van der Waals surface area contributed by atoms with Crippen molar-refractivity contribution in [3.63, 3.8) is 0 Å². The molecular formula is C27H30N2. The van der Waals surface area contributed by atoms with Crippen LogP contribution in [0.25, 0.3) is 5.57 Å². The lowest BCUT2D eigenvalue weighted by Crippen LogP contribution is -2.16. The molecule has 148 valence electrons. The minimum absolute atomic E-state index is 0.647. The van der Waals surface area contributed by atoms with Gasteiger partial charge in [0, 0.05) is 12.2 Å². The summed E-state index contributed by atoms with van der Waals surface area (Å²) in [7, 11) is 0. The Balaban J connectivity index is 1.67. The van der Waals surface area contributed by atoms with Crippen LogP contribution in [0.2, 0.25) is 0 Å². The predicted octanol–water partition coefficient (Wildman–Crippen LogP) is 6.41. The first-order valence-corrected chi connectivity index (χ1v) is 11.4. The second kappa shape index (κ2) is 7.71. The van der Waals surface area contributed by atoms with Crippen LogP contribution in [-0.4, -0.2) is 6.54 Å². The number of nitrogens with one attached hydrogen (secondary N) is 1. The first kappa shape index (κ1) is 18.5. The van der Waals surface area contributed by atoms with Crippen LogP contribution in [0.1, 0.15) is 71.9 Å². The van der Waals surface area contributed by atoms with Crippen LogP contribution < -0.4 is 5.32 Å². The highest BCUT2D eigenvalue weighted by atomic mass is 14.9. The first-order chi connectivity index (χ1) is 14.2. The number of hydrogen-bond donors (Lipinski definition) is 1. The van der Waals surface area contributed by atoms with Crippen molar-refractivity contribution in [1.29, 1.82) is 5.26 Å². The van der Waals surface area contributed by atoms with E-state index in [1.807, 2.05) is 0 Å². The highest BCUT2D eigenvalue weighted by Crippen LogP contribution is 2.42. The van der Waals surface area contributed by atoms with Gasteiger partial charge in [-0.15, -0.1) is 0 Å². The van der Waals surface area contributed by atoms with Crippen molar-refractivity contribution in [3.05, 3.63) is 69.8 Å². The van der Waals surface area contributed by atoms with Crippen molar-refractivity contribution in [2.75, 3.05) is 11.9 Å². The summed E-state index contributed by atoms with van der Waals surface area (Å²) in [5, 5.41) is 13.2. The molecule has 0 amide bonds. The Morgan fingerprint density at radius 3 is 2.69 bits per heavy atom. The molecule has 2 aromatic carbocycles. The molecule has 2 aromatic rings. The number of aryl methyl sites for hydroxylation is 2. The molecular weight excluding hydrogens is 352 g/mol. The average molecular weight is 383 g/mol. The van der Waals surface area contributed by atoms with E-state index in [0.717, 1.165) is 36.4 Å². The summed E-state index contributed by atoms with van der Waals surface area (Å²) in [6, 6.07) is 13.6. The largest absolute Gasteiger partial charge is 0.384 e. The van der Waals surface area contributed by atoms with Gasteiger partial charge in [0.15, 0.2) is 0 Å². The maximum absolute atomic E-state index is 9.68. The Kier molecular flexibility index (Phi) is 4.92. The summed E-state index contributed by atoms with van der Waals surface area (Å²) in [4.78, 5) is 0. The third kappa shape index (κ3) is 3.38. The number of benzene rings is 2. The van der Waals surface area contributed by atoms with Gasteiger partial charge in [0.05, 0.1) is 11.6 Å². The molecule has 1 unspecified atom stereocenters. The van der Waals surface area contributed by atoms with Gasteiger partial charge >= 0.3 is 0 Å². The van der Waals surface area contributed by atoms with Gasteiger partial charge < -0.3 is 5.32 Å². The molecule has 29 heavy (non-hydrogen) atoms. The molecule has 1 heterocycles. The molecule has 0 aromatic heterocycles. The lowest BCUT2D eigenvalue weighted by Gasteiger charge is -2.28. The van der Waals surface area contributed by atoms with E-state index >= 15 is 0 Å². The van der Waals surface area contributed by atoms with Crippen molar-refractivity contribution < 1.29 is 0 Å². The molecule has 3 aliphatic rings. The van der Waals surface area contributed by atoms with Crippen LogP contribution in [0.4, 0.5) is 5.69 Å². The monoisotopic (exact) mass is 382 g/mol. The van der Waals surface area contributed by atoms with E-state index in [0.29, 0.717) is 5.92 Å². The molecule has 0 radical (unpaired) electrons. The fourth-order valence-corrected chi connectivity index (χ4v) is 5.82. The van der Waals surface area contributed by atoms with Crippen LogP contribution in [-0.2, 0) is 12.8 Å². The number of rotatable bonds is 2. The molecule has 1 fully saturated rings. The first-order valence-electron chi connectivity index (χ1n) is 11.4. The van der Waals surface area contributed by atoms with Gasteiger partial charge in [-0.1, -0.05) is 43.5 Å². The summed E-state index contributed by atoms with van der Waals surface area (Å²) in [5.41, 5.74) is 10.1. The fourth-order valence-electron chi connectivity index (χ4n) is 5.82. The molecule has 0 bridgehead atoms. The highest BCUT2D eigenvalue weighted by molar-refractivity contribution is 5.86. The summed E-state index contributed by atoms with van der Waals surface area (Å²) in [6.07, 6.45) is 13.0. The standard InChI is InChI=1S/C27H30N2/c1-18-14-21-11-10-20(19-6-3-2-4-7-19)15-26(25(21)16-22(18)17-28)23-8-5-9-27-24(23)12-13-29-27/h5,8-9,14-16,19-20,29H,2-4,6-7,10-13H2,1H3. The summed E-state index contributed by atoms with van der Waals surface area (Å²) < 4.78 is 0. The van der Waals surface area contributed by atoms with Gasteiger partial charge in [-0.2, -0.15) is 5.26 Å². The van der Waals surface area contributed by atoms with E-state index in [4.69, 9.17) is 0 Å². The Morgan fingerprint density at radius 1 is 1.00 bits per heavy atom. The van der Waals surface area contributed by atoms with E-state index in [1.165, 1.54) is 72.0 Å². The van der Waals surface area contributed by atoms with Gasteiger partial charge in [0.2, 0.25) is 0 Å². The third-order valence-electron chi connectivity index (χ3n) is 7.40. The van der Waals surface area contributed by atoms with Crippen molar-refractivity contribution in [1.82, 2.24) is 0 Å². The van der Waals surface area contributed by atoms with Crippen LogP contribution in [0.15, 0.2) is 36.4 Å². The van der Waals surface area contributed by atoms with Gasteiger partial charge in [-0.3, -0.25) is 0 Å².